The number of carbonyl (C=O) groups excluding carboxylic acids is 1. The molecular weight excluding hydrogens is 365 g/mol. The van der Waals surface area contributed by atoms with Crippen molar-refractivity contribution in [2.75, 3.05) is 35.5 Å². The highest BCUT2D eigenvalue weighted by Gasteiger charge is 2.52. The van der Waals surface area contributed by atoms with Crippen LogP contribution >= 0.6 is 0 Å². The highest BCUT2D eigenvalue weighted by molar-refractivity contribution is 7.90. The summed E-state index contributed by atoms with van der Waals surface area (Å²) < 4.78 is 68.1. The van der Waals surface area contributed by atoms with E-state index in [1.54, 1.807) is 5.32 Å². The van der Waals surface area contributed by atoms with Gasteiger partial charge in [-0.1, -0.05) is 0 Å². The van der Waals surface area contributed by atoms with Crippen LogP contribution in [0.2, 0.25) is 0 Å². The van der Waals surface area contributed by atoms with Gasteiger partial charge in [0.05, 0.1) is 24.5 Å². The molecule has 0 spiro atoms. The first-order chi connectivity index (χ1) is 11.6. The highest BCUT2D eigenvalue weighted by Crippen LogP contribution is 2.36. The molecule has 1 saturated heterocycles. The third-order valence-electron chi connectivity index (χ3n) is 3.92. The molecule has 0 aromatic heterocycles. The van der Waals surface area contributed by atoms with Gasteiger partial charge >= 0.3 is 16.4 Å². The molecule has 2 aliphatic rings. The van der Waals surface area contributed by atoms with Gasteiger partial charge in [0.1, 0.15) is 0 Å². The summed E-state index contributed by atoms with van der Waals surface area (Å²) in [6, 6.07) is 3.96. The van der Waals surface area contributed by atoms with E-state index in [1.165, 1.54) is 12.1 Å². The Balaban J connectivity index is 2.07. The van der Waals surface area contributed by atoms with Crippen LogP contribution in [0.1, 0.15) is 10.4 Å². The van der Waals surface area contributed by atoms with Crippen LogP contribution in [-0.2, 0) is 14.9 Å². The zero-order valence-electron chi connectivity index (χ0n) is 12.8. The highest BCUT2D eigenvalue weighted by atomic mass is 32.2. The topological polar surface area (TPSA) is 105 Å². The Morgan fingerprint density at radius 2 is 1.88 bits per heavy atom. The predicted molar refractivity (Wildman–Crippen MR) is 82.4 cm³/mol. The Hall–Kier alpha value is -2.05. The Labute approximate surface area is 141 Å². The van der Waals surface area contributed by atoms with Gasteiger partial charge in [0.25, 0.3) is 5.91 Å². The zero-order chi connectivity index (χ0) is 18.4. The minimum atomic E-state index is -5.03. The van der Waals surface area contributed by atoms with E-state index >= 15 is 0 Å². The number of fused-ring (bicyclic) bond motifs is 1. The standard InChI is InChI=1S/C13H15F3N4O4S/c14-13(15,16)12-18-11(21)9-7-8(19-3-5-24-6-4-19)1-2-10(9)20(12)25(17,22)23/h1-2,7,12H,3-6H2,(H,18,21)(H2,17,22,23). The number of halogens is 3. The maximum absolute atomic E-state index is 13.2. The average Bonchev–Trinajstić information content (AvgIpc) is 2.53. The number of hydrogen-bond acceptors (Lipinski definition) is 5. The van der Waals surface area contributed by atoms with Crippen LogP contribution in [0, 0.1) is 0 Å². The van der Waals surface area contributed by atoms with Crippen molar-refractivity contribution < 1.29 is 31.1 Å². The molecule has 0 bridgehead atoms. The first kappa shape index (κ1) is 17.8. The SMILES string of the molecule is NS(=O)(=O)N1c2ccc(N3CCOCC3)cc2C(=O)NC1C(F)(F)F. The van der Waals surface area contributed by atoms with Gasteiger partial charge in [-0.3, -0.25) is 4.79 Å². The number of nitrogens with zero attached hydrogens (tertiary/aromatic N) is 2. The summed E-state index contributed by atoms with van der Waals surface area (Å²) in [5.41, 5.74) is -0.0267. The monoisotopic (exact) mass is 380 g/mol. The molecule has 1 unspecified atom stereocenters. The lowest BCUT2D eigenvalue weighted by Crippen LogP contribution is -2.63. The molecule has 8 nitrogen and oxygen atoms in total. The van der Waals surface area contributed by atoms with E-state index in [-0.39, 0.29) is 9.87 Å². The third-order valence-corrected chi connectivity index (χ3v) is 4.88. The van der Waals surface area contributed by atoms with Crippen molar-refractivity contribution >= 4 is 27.5 Å². The summed E-state index contributed by atoms with van der Waals surface area (Å²) in [6.07, 6.45) is -7.78. The van der Waals surface area contributed by atoms with Gasteiger partial charge in [-0.2, -0.15) is 21.6 Å². The molecule has 2 aliphatic heterocycles. The molecule has 12 heteroatoms. The number of ether oxygens (including phenoxy) is 1. The summed E-state index contributed by atoms with van der Waals surface area (Å²) in [5, 5.41) is 6.62. The summed E-state index contributed by atoms with van der Waals surface area (Å²) in [6.45, 7) is 2.04. The lowest BCUT2D eigenvalue weighted by atomic mass is 10.1. The molecular formula is C13H15F3N4O4S. The Morgan fingerprint density at radius 3 is 2.44 bits per heavy atom. The molecule has 0 aliphatic carbocycles. The molecule has 1 fully saturated rings. The van der Waals surface area contributed by atoms with Gasteiger partial charge in [0.2, 0.25) is 6.17 Å². The van der Waals surface area contributed by atoms with Crippen molar-refractivity contribution in [3.8, 4) is 0 Å². The number of nitrogens with one attached hydrogen (secondary N) is 1. The molecule has 1 aromatic carbocycles. The smallest absolute Gasteiger partial charge is 0.378 e. The van der Waals surface area contributed by atoms with E-state index in [1.807, 2.05) is 4.90 Å². The number of morpholine rings is 1. The van der Waals surface area contributed by atoms with Crippen LogP contribution in [-0.4, -0.2) is 53.0 Å². The fourth-order valence-corrected chi connectivity index (χ4v) is 3.71. The number of nitrogens with two attached hydrogens (primary N) is 1. The normalized spacial score (nSPS) is 21.8. The molecule has 3 N–H and O–H groups in total. The van der Waals surface area contributed by atoms with E-state index in [4.69, 9.17) is 9.88 Å². The number of carbonyl (C=O) groups is 1. The van der Waals surface area contributed by atoms with E-state index in [2.05, 4.69) is 0 Å². The van der Waals surface area contributed by atoms with Crippen molar-refractivity contribution in [1.82, 2.24) is 5.32 Å². The van der Waals surface area contributed by atoms with Gasteiger partial charge in [0, 0.05) is 18.8 Å². The van der Waals surface area contributed by atoms with Gasteiger partial charge in [0.15, 0.2) is 0 Å². The molecule has 0 saturated carbocycles. The second-order valence-corrected chi connectivity index (χ2v) is 6.98. The minimum Gasteiger partial charge on any atom is -0.378 e. The number of hydrogen-bond donors (Lipinski definition) is 2. The number of alkyl halides is 3. The molecule has 0 radical (unpaired) electrons. The van der Waals surface area contributed by atoms with Crippen molar-refractivity contribution in [3.63, 3.8) is 0 Å². The first-order valence-electron chi connectivity index (χ1n) is 7.25. The van der Waals surface area contributed by atoms with Crippen LogP contribution < -0.4 is 19.7 Å². The fourth-order valence-electron chi connectivity index (χ4n) is 2.81. The van der Waals surface area contributed by atoms with Gasteiger partial charge in [-0.15, -0.1) is 0 Å². The second-order valence-electron chi connectivity index (χ2n) is 5.56. The van der Waals surface area contributed by atoms with Gasteiger partial charge in [-0.05, 0) is 18.2 Å². The predicted octanol–water partition coefficient (Wildman–Crippen LogP) is 0.165. The maximum Gasteiger partial charge on any atom is 0.428 e. The van der Waals surface area contributed by atoms with Crippen molar-refractivity contribution in [2.45, 2.75) is 12.3 Å². The second kappa shape index (κ2) is 6.04. The van der Waals surface area contributed by atoms with Crippen LogP contribution in [0.5, 0.6) is 0 Å². The Bertz CT molecular complexity index is 793. The van der Waals surface area contributed by atoms with Crippen molar-refractivity contribution in [1.29, 1.82) is 0 Å². The van der Waals surface area contributed by atoms with Gasteiger partial charge < -0.3 is 15.0 Å². The Morgan fingerprint density at radius 1 is 1.24 bits per heavy atom. The maximum atomic E-state index is 13.2. The number of rotatable bonds is 2. The lowest BCUT2D eigenvalue weighted by Gasteiger charge is -2.38. The number of amides is 1. The summed E-state index contributed by atoms with van der Waals surface area (Å²) in [5.74, 6) is -1.02. The van der Waals surface area contributed by atoms with Crippen LogP contribution in [0.15, 0.2) is 18.2 Å². The van der Waals surface area contributed by atoms with Crippen LogP contribution in [0.25, 0.3) is 0 Å². The number of benzene rings is 1. The molecule has 25 heavy (non-hydrogen) atoms. The van der Waals surface area contributed by atoms with Crippen LogP contribution in [0.4, 0.5) is 24.5 Å². The summed E-state index contributed by atoms with van der Waals surface area (Å²) >= 11 is 0. The van der Waals surface area contributed by atoms with Crippen LogP contribution in [0.3, 0.4) is 0 Å². The molecule has 1 atom stereocenters. The zero-order valence-corrected chi connectivity index (χ0v) is 13.6. The van der Waals surface area contributed by atoms with E-state index in [0.717, 1.165) is 6.07 Å². The summed E-state index contributed by atoms with van der Waals surface area (Å²) in [7, 11) is -4.77. The molecule has 3 rings (SSSR count). The molecule has 1 aromatic rings. The summed E-state index contributed by atoms with van der Waals surface area (Å²) in [4.78, 5) is 14.0. The van der Waals surface area contributed by atoms with E-state index in [0.29, 0.717) is 32.0 Å². The first-order valence-corrected chi connectivity index (χ1v) is 8.76. The molecule has 138 valence electrons. The lowest BCUT2D eigenvalue weighted by molar-refractivity contribution is -0.150. The molecule has 2 heterocycles. The Kier molecular flexibility index (Phi) is 4.29. The van der Waals surface area contributed by atoms with E-state index in [9.17, 15) is 26.4 Å². The van der Waals surface area contributed by atoms with E-state index < -0.39 is 34.1 Å². The van der Waals surface area contributed by atoms with Crippen molar-refractivity contribution in [2.24, 2.45) is 5.14 Å². The average molecular weight is 380 g/mol. The molecule has 1 amide bonds. The fraction of sp³-hybridized carbons (Fsp3) is 0.462. The van der Waals surface area contributed by atoms with Crippen molar-refractivity contribution in [3.05, 3.63) is 23.8 Å². The van der Waals surface area contributed by atoms with Gasteiger partial charge in [-0.25, -0.2) is 9.44 Å². The largest absolute Gasteiger partial charge is 0.428 e. The third kappa shape index (κ3) is 3.37. The minimum absolute atomic E-state index is 0.0210. The number of anilines is 2. The quantitative estimate of drug-likeness (QED) is 0.761.